The second-order valence-corrected chi connectivity index (χ2v) is 7.48. The standard InChI is InChI=1S/C26H23N3O5/c1-16(30)27-18-9-12-20(13-10-18)29-25(31)23(17-7-5-4-6-8-17)24(26(29)32)28-19-11-14-21(33-2)22(15-19)34-3/h4-15,28H,1-3H3,(H,27,30). The first-order chi connectivity index (χ1) is 16.4. The monoisotopic (exact) mass is 457 g/mol. The van der Waals surface area contributed by atoms with E-state index in [9.17, 15) is 14.4 Å². The third-order valence-corrected chi connectivity index (χ3v) is 5.25. The number of imide groups is 1. The first kappa shape index (κ1) is 22.6. The number of benzene rings is 3. The smallest absolute Gasteiger partial charge is 0.282 e. The molecular formula is C26H23N3O5. The summed E-state index contributed by atoms with van der Waals surface area (Å²) in [6.07, 6.45) is 0. The first-order valence-electron chi connectivity index (χ1n) is 10.5. The number of carbonyl (C=O) groups excluding carboxylic acids is 3. The van der Waals surface area contributed by atoms with Crippen LogP contribution in [0.3, 0.4) is 0 Å². The van der Waals surface area contributed by atoms with E-state index in [2.05, 4.69) is 10.6 Å². The Balaban J connectivity index is 1.74. The molecule has 3 aromatic rings. The van der Waals surface area contributed by atoms with Crippen molar-refractivity contribution < 1.29 is 23.9 Å². The highest BCUT2D eigenvalue weighted by atomic mass is 16.5. The van der Waals surface area contributed by atoms with Crippen LogP contribution in [-0.4, -0.2) is 31.9 Å². The lowest BCUT2D eigenvalue weighted by atomic mass is 10.0. The number of hydrogen-bond acceptors (Lipinski definition) is 6. The number of amides is 3. The van der Waals surface area contributed by atoms with Crippen LogP contribution in [0.5, 0.6) is 11.5 Å². The largest absolute Gasteiger partial charge is 0.493 e. The third-order valence-electron chi connectivity index (χ3n) is 5.25. The summed E-state index contributed by atoms with van der Waals surface area (Å²) in [6.45, 7) is 1.41. The molecular weight excluding hydrogens is 434 g/mol. The number of ether oxygens (including phenoxy) is 2. The van der Waals surface area contributed by atoms with Crippen molar-refractivity contribution in [3.8, 4) is 11.5 Å². The average Bonchev–Trinajstić information content (AvgIpc) is 3.08. The minimum Gasteiger partial charge on any atom is -0.493 e. The van der Waals surface area contributed by atoms with E-state index in [1.165, 1.54) is 21.1 Å². The van der Waals surface area contributed by atoms with Gasteiger partial charge >= 0.3 is 0 Å². The summed E-state index contributed by atoms with van der Waals surface area (Å²) in [6, 6.07) is 20.6. The van der Waals surface area contributed by atoms with Gasteiger partial charge in [0.15, 0.2) is 11.5 Å². The molecule has 3 amide bonds. The Morgan fingerprint density at radius 2 is 1.44 bits per heavy atom. The minimum absolute atomic E-state index is 0.148. The van der Waals surface area contributed by atoms with Gasteiger partial charge < -0.3 is 20.1 Å². The van der Waals surface area contributed by atoms with E-state index < -0.39 is 11.8 Å². The van der Waals surface area contributed by atoms with Gasteiger partial charge in [0.05, 0.1) is 25.5 Å². The highest BCUT2D eigenvalue weighted by molar-refractivity contribution is 6.46. The van der Waals surface area contributed by atoms with Gasteiger partial charge in [-0.1, -0.05) is 30.3 Å². The number of hydrogen-bond donors (Lipinski definition) is 2. The van der Waals surface area contributed by atoms with E-state index in [4.69, 9.17) is 9.47 Å². The van der Waals surface area contributed by atoms with Crippen LogP contribution in [0.2, 0.25) is 0 Å². The molecule has 8 nitrogen and oxygen atoms in total. The number of nitrogens with one attached hydrogen (secondary N) is 2. The molecule has 0 saturated heterocycles. The molecule has 34 heavy (non-hydrogen) atoms. The number of carbonyl (C=O) groups is 3. The quantitative estimate of drug-likeness (QED) is 0.520. The van der Waals surface area contributed by atoms with E-state index in [0.717, 1.165) is 4.90 Å². The van der Waals surface area contributed by atoms with Gasteiger partial charge in [0.25, 0.3) is 11.8 Å². The molecule has 3 aromatic carbocycles. The van der Waals surface area contributed by atoms with Crippen LogP contribution >= 0.6 is 0 Å². The van der Waals surface area contributed by atoms with Gasteiger partial charge in [0.1, 0.15) is 5.70 Å². The highest BCUT2D eigenvalue weighted by Gasteiger charge is 2.40. The molecule has 0 spiro atoms. The second kappa shape index (κ2) is 9.50. The van der Waals surface area contributed by atoms with Crippen molar-refractivity contribution in [2.24, 2.45) is 0 Å². The number of nitrogens with zero attached hydrogens (tertiary/aromatic N) is 1. The Morgan fingerprint density at radius 1 is 0.794 bits per heavy atom. The van der Waals surface area contributed by atoms with Crippen molar-refractivity contribution in [1.29, 1.82) is 0 Å². The Morgan fingerprint density at radius 3 is 2.06 bits per heavy atom. The van der Waals surface area contributed by atoms with Crippen molar-refractivity contribution in [1.82, 2.24) is 0 Å². The highest BCUT2D eigenvalue weighted by Crippen LogP contribution is 2.36. The van der Waals surface area contributed by atoms with Crippen LogP contribution in [-0.2, 0) is 14.4 Å². The van der Waals surface area contributed by atoms with E-state index in [1.54, 1.807) is 66.7 Å². The SMILES string of the molecule is COc1ccc(NC2=C(c3ccccc3)C(=O)N(c3ccc(NC(C)=O)cc3)C2=O)cc1OC. The summed E-state index contributed by atoms with van der Waals surface area (Å²) >= 11 is 0. The second-order valence-electron chi connectivity index (χ2n) is 7.48. The van der Waals surface area contributed by atoms with Crippen LogP contribution in [0.15, 0.2) is 78.5 Å². The predicted octanol–water partition coefficient (Wildman–Crippen LogP) is 4.06. The van der Waals surface area contributed by atoms with Crippen molar-refractivity contribution in [3.63, 3.8) is 0 Å². The fourth-order valence-corrected chi connectivity index (χ4v) is 3.71. The maximum absolute atomic E-state index is 13.5. The molecule has 0 radical (unpaired) electrons. The van der Waals surface area contributed by atoms with Gasteiger partial charge in [-0.2, -0.15) is 0 Å². The number of rotatable bonds is 7. The average molecular weight is 457 g/mol. The first-order valence-corrected chi connectivity index (χ1v) is 10.5. The zero-order valence-electron chi connectivity index (χ0n) is 18.9. The molecule has 172 valence electrons. The van der Waals surface area contributed by atoms with Crippen LogP contribution in [0.4, 0.5) is 17.1 Å². The zero-order chi connectivity index (χ0) is 24.2. The lowest BCUT2D eigenvalue weighted by Crippen LogP contribution is -2.32. The normalized spacial score (nSPS) is 13.2. The molecule has 1 aliphatic heterocycles. The van der Waals surface area contributed by atoms with Gasteiger partial charge in [-0.15, -0.1) is 0 Å². The Kier molecular flexibility index (Phi) is 6.31. The van der Waals surface area contributed by atoms with Gasteiger partial charge in [-0.25, -0.2) is 4.90 Å². The van der Waals surface area contributed by atoms with Crippen molar-refractivity contribution in [2.75, 3.05) is 29.8 Å². The lowest BCUT2D eigenvalue weighted by molar-refractivity contribution is -0.120. The molecule has 2 N–H and O–H groups in total. The van der Waals surface area contributed by atoms with E-state index in [0.29, 0.717) is 34.1 Å². The van der Waals surface area contributed by atoms with E-state index in [-0.39, 0.29) is 17.2 Å². The van der Waals surface area contributed by atoms with Gasteiger partial charge in [-0.05, 0) is 42.0 Å². The summed E-state index contributed by atoms with van der Waals surface area (Å²) in [5.74, 6) is -0.135. The molecule has 0 bridgehead atoms. The maximum Gasteiger partial charge on any atom is 0.282 e. The minimum atomic E-state index is -0.495. The van der Waals surface area contributed by atoms with Crippen LogP contribution in [0.1, 0.15) is 12.5 Å². The van der Waals surface area contributed by atoms with Crippen molar-refractivity contribution in [3.05, 3.63) is 84.1 Å². The summed E-state index contributed by atoms with van der Waals surface area (Å²) in [5, 5.41) is 5.78. The lowest BCUT2D eigenvalue weighted by Gasteiger charge is -2.16. The Hall–Kier alpha value is -4.59. The van der Waals surface area contributed by atoms with Gasteiger partial charge in [0.2, 0.25) is 5.91 Å². The van der Waals surface area contributed by atoms with E-state index >= 15 is 0 Å². The van der Waals surface area contributed by atoms with Crippen molar-refractivity contribution in [2.45, 2.75) is 6.92 Å². The zero-order valence-corrected chi connectivity index (χ0v) is 18.9. The molecule has 1 aliphatic rings. The number of anilines is 3. The van der Waals surface area contributed by atoms with Crippen LogP contribution in [0, 0.1) is 0 Å². The Labute approximate surface area is 196 Å². The molecule has 0 unspecified atom stereocenters. The summed E-state index contributed by atoms with van der Waals surface area (Å²) < 4.78 is 10.6. The molecule has 0 aliphatic carbocycles. The summed E-state index contributed by atoms with van der Waals surface area (Å²) in [4.78, 5) is 39.4. The summed E-state index contributed by atoms with van der Waals surface area (Å²) in [5.41, 5.74) is 2.53. The topological polar surface area (TPSA) is 97.0 Å². The Bertz CT molecular complexity index is 1280. The van der Waals surface area contributed by atoms with Crippen LogP contribution in [0.25, 0.3) is 5.57 Å². The summed E-state index contributed by atoms with van der Waals surface area (Å²) in [7, 11) is 3.06. The maximum atomic E-state index is 13.5. The molecule has 0 saturated carbocycles. The number of methoxy groups -OCH3 is 2. The fraction of sp³-hybridized carbons (Fsp3) is 0.115. The molecule has 4 rings (SSSR count). The predicted molar refractivity (Wildman–Crippen MR) is 130 cm³/mol. The third kappa shape index (κ3) is 4.33. The van der Waals surface area contributed by atoms with E-state index in [1.807, 2.05) is 6.07 Å². The molecule has 0 aromatic heterocycles. The van der Waals surface area contributed by atoms with Crippen LogP contribution < -0.4 is 25.0 Å². The molecule has 1 heterocycles. The molecule has 0 atom stereocenters. The molecule has 8 heteroatoms. The van der Waals surface area contributed by atoms with Gasteiger partial charge in [-0.3, -0.25) is 14.4 Å². The molecule has 0 fully saturated rings. The van der Waals surface area contributed by atoms with Gasteiger partial charge in [0, 0.05) is 24.4 Å². The fourth-order valence-electron chi connectivity index (χ4n) is 3.71. The van der Waals surface area contributed by atoms with Crippen molar-refractivity contribution >= 4 is 40.4 Å².